The Morgan fingerprint density at radius 3 is 0.485 bits per heavy atom. The fraction of sp³-hybridized carbons (Fsp3) is 0.957. The summed E-state index contributed by atoms with van der Waals surface area (Å²) >= 11 is 0. The average molecular weight is 1960 g/mol. The Kier molecular flexibility index (Phi) is 101. The molecule has 1 N–H and O–H groups in total. The van der Waals surface area contributed by atoms with Crippen LogP contribution in [0.3, 0.4) is 0 Å². The molecule has 0 spiro atoms. The second-order valence-electron chi connectivity index (χ2n) is 34.3. The van der Waals surface area contributed by atoms with Crippen molar-refractivity contribution in [2.75, 3.05) is 337 Å². The minimum Gasteiger partial charge on any atom is -0.437 e. The Labute approximate surface area is 794 Å². The van der Waals surface area contributed by atoms with Crippen molar-refractivity contribution in [3.05, 3.63) is 0 Å². The summed E-state index contributed by atoms with van der Waals surface area (Å²) in [5.74, 6) is 7.73. The molecule has 0 aliphatic carbocycles. The van der Waals surface area contributed by atoms with Gasteiger partial charge in [0, 0.05) is 355 Å². The zero-order chi connectivity index (χ0) is 94.4. The fourth-order valence-electron chi connectivity index (χ4n) is 12.6. The van der Waals surface area contributed by atoms with Crippen molar-refractivity contribution in [1.82, 2.24) is 0 Å². The van der Waals surface area contributed by atoms with Crippen molar-refractivity contribution in [3.8, 4) is 23.9 Å². The van der Waals surface area contributed by atoms with Crippen LogP contribution in [0.15, 0.2) is 0 Å². The lowest BCUT2D eigenvalue weighted by Gasteiger charge is -2.44. The standard InChI is InChI=1S/C94H191FO30Si5/c1-126(2,3)122-128(7,8)124-130(10,93-14-12-11-13-41-95)125-129(9,123-127(4,5)6)94-40-92-121-91-39-90-120-89-38-88-119-87-37-86-118-85-36-84-117-83-35-82-116-81-34-80-115-79-33-78-114-77-32-76-113-75-31-74-112-73-30-72-111-71-29-70-110-69-28-68-109-67-27-66-108-65-26-64-107-63-25-62-106-61-24-60-105-59-23-58-104-57-22-56-103-55-21-54-102-53-20-52-101-51-19-50-100-49-18-48-99-47-17-46-98-45-16-44-97-43-15-42-96/h96H,14-40,42-94H2,1-10H3. The van der Waals surface area contributed by atoms with E-state index < -0.39 is 42.3 Å². The Hall–Kier alpha value is -1.07. The number of ether oxygens (including phenoxy) is 25. The molecule has 30 nitrogen and oxygen atoms in total. The van der Waals surface area contributed by atoms with Gasteiger partial charge in [-0.05, 0) is 244 Å². The molecule has 0 radical (unpaired) electrons. The first-order chi connectivity index (χ1) is 63.4. The molecule has 36 heteroatoms. The van der Waals surface area contributed by atoms with Crippen LogP contribution < -0.4 is 0 Å². The first kappa shape index (κ1) is 129. The first-order valence-electron chi connectivity index (χ1n) is 49.9. The van der Waals surface area contributed by atoms with E-state index in [1.54, 1.807) is 0 Å². The van der Waals surface area contributed by atoms with Gasteiger partial charge in [-0.1, -0.05) is 5.92 Å². The lowest BCUT2D eigenvalue weighted by molar-refractivity contribution is 0.0389. The molecular formula is C94H191FO30Si5. The van der Waals surface area contributed by atoms with Gasteiger partial charge in [-0.3, -0.25) is 0 Å². The van der Waals surface area contributed by atoms with E-state index in [0.29, 0.717) is 349 Å². The number of aliphatic hydroxyl groups is 1. The summed E-state index contributed by atoms with van der Waals surface area (Å²) in [7, 11) is -11.9. The van der Waals surface area contributed by atoms with E-state index >= 15 is 0 Å². The predicted molar refractivity (Wildman–Crippen MR) is 520 cm³/mol. The average Bonchev–Trinajstić information content (AvgIpc) is 0.800. The van der Waals surface area contributed by atoms with Crippen LogP contribution in [0.2, 0.25) is 77.6 Å². The predicted octanol–water partition coefficient (Wildman–Crippen LogP) is 15.4. The highest BCUT2D eigenvalue weighted by molar-refractivity contribution is 6.91. The zero-order valence-electron chi connectivity index (χ0n) is 83.7. The van der Waals surface area contributed by atoms with Gasteiger partial charge in [0.15, 0.2) is 16.6 Å². The molecule has 0 aromatic heterocycles. The molecule has 0 aromatic carbocycles. The quantitative estimate of drug-likeness (QED) is 0.0336. The Bertz CT molecular complexity index is 2370. The van der Waals surface area contributed by atoms with E-state index in [-0.39, 0.29) is 6.61 Å². The summed E-state index contributed by atoms with van der Waals surface area (Å²) in [4.78, 5) is 0. The number of hydrogen-bond acceptors (Lipinski definition) is 30. The van der Waals surface area contributed by atoms with Gasteiger partial charge in [-0.25, -0.2) is 0 Å². The van der Waals surface area contributed by atoms with Crippen LogP contribution in [0.4, 0.5) is 4.39 Å². The maximum atomic E-state index is 12.4. The molecule has 0 aliphatic rings. The Morgan fingerprint density at radius 2 is 0.331 bits per heavy atom. The number of rotatable bonds is 113. The summed E-state index contributed by atoms with van der Waals surface area (Å²) in [5, 5.41) is 8.72. The van der Waals surface area contributed by atoms with Gasteiger partial charge in [-0.2, -0.15) is 0 Å². The number of halogens is 1. The maximum Gasteiger partial charge on any atom is 0.318 e. The third-order valence-electron chi connectivity index (χ3n) is 18.1. The van der Waals surface area contributed by atoms with Crippen molar-refractivity contribution < 1.29 is 144 Å². The molecular weight excluding hydrogens is 1770 g/mol. The third-order valence-corrected chi connectivity index (χ3v) is 36.3. The maximum absolute atomic E-state index is 12.4. The second kappa shape index (κ2) is 102. The van der Waals surface area contributed by atoms with Gasteiger partial charge in [0.25, 0.3) is 0 Å². The van der Waals surface area contributed by atoms with Crippen LogP contribution in [-0.4, -0.2) is 384 Å². The van der Waals surface area contributed by atoms with Gasteiger partial charge in [0.2, 0.25) is 0 Å². The molecule has 0 saturated carbocycles. The topological polar surface area (TPSA) is 288 Å². The molecule has 0 amide bonds. The van der Waals surface area contributed by atoms with Crippen LogP contribution in [-0.2, 0) is 135 Å². The smallest absolute Gasteiger partial charge is 0.318 e. The van der Waals surface area contributed by atoms with Crippen molar-refractivity contribution in [2.24, 2.45) is 0 Å². The summed E-state index contributed by atoms with van der Waals surface area (Å²) in [6, 6.07) is 1.40. The first-order valence-corrected chi connectivity index (χ1v) is 64.6. The van der Waals surface area contributed by atoms with E-state index in [4.69, 9.17) is 140 Å². The highest BCUT2D eigenvalue weighted by atomic mass is 28.5. The molecule has 0 aromatic rings. The van der Waals surface area contributed by atoms with Crippen molar-refractivity contribution in [1.29, 1.82) is 0 Å². The van der Waals surface area contributed by atoms with Gasteiger partial charge in [0.05, 0.1) is 0 Å². The molecule has 0 bridgehead atoms. The lowest BCUT2D eigenvalue weighted by Crippen LogP contribution is -2.60. The summed E-state index contributed by atoms with van der Waals surface area (Å²) in [6.45, 7) is 55.9. The minimum atomic E-state index is -2.84. The van der Waals surface area contributed by atoms with Gasteiger partial charge < -0.3 is 140 Å². The van der Waals surface area contributed by atoms with Crippen LogP contribution >= 0.6 is 0 Å². The van der Waals surface area contributed by atoms with Crippen LogP contribution in [0.5, 0.6) is 0 Å². The van der Waals surface area contributed by atoms with E-state index in [9.17, 15) is 4.39 Å². The summed E-state index contributed by atoms with van der Waals surface area (Å²) < 4.78 is 183. The van der Waals surface area contributed by atoms with E-state index in [1.807, 2.05) is 0 Å². The molecule has 774 valence electrons. The highest BCUT2D eigenvalue weighted by Gasteiger charge is 2.49. The van der Waals surface area contributed by atoms with E-state index in [1.165, 1.54) is 6.17 Å². The minimum absolute atomic E-state index is 0.173. The monoisotopic (exact) mass is 1960 g/mol. The normalized spacial score (nSPS) is 13.0. The highest BCUT2D eigenvalue weighted by Crippen LogP contribution is 2.32. The zero-order valence-corrected chi connectivity index (χ0v) is 88.7. The lowest BCUT2D eigenvalue weighted by atomic mass is 10.4. The molecule has 2 unspecified atom stereocenters. The van der Waals surface area contributed by atoms with Crippen molar-refractivity contribution in [3.63, 3.8) is 0 Å². The molecule has 2 atom stereocenters. The molecule has 0 saturated heterocycles. The molecule has 0 rings (SSSR count). The molecule has 0 fully saturated rings. The number of aliphatic hydroxyl groups excluding tert-OH is 1. The molecule has 0 aliphatic heterocycles. The van der Waals surface area contributed by atoms with Gasteiger partial charge in [0.1, 0.15) is 6.17 Å². The summed E-state index contributed by atoms with van der Waals surface area (Å²) in [5.41, 5.74) is 0. The Balaban J connectivity index is 3.30. The van der Waals surface area contributed by atoms with Gasteiger partial charge >= 0.3 is 25.7 Å². The van der Waals surface area contributed by atoms with Gasteiger partial charge in [-0.15, -0.1) is 4.39 Å². The van der Waals surface area contributed by atoms with Crippen LogP contribution in [0.1, 0.15) is 173 Å². The van der Waals surface area contributed by atoms with Crippen LogP contribution in [0.25, 0.3) is 0 Å². The number of hydrogen-bond donors (Lipinski definition) is 1. The SMILES string of the molecule is C[Si](C)(C)O[Si](C)(C)O[Si](C)(CCC#CC#CF)O[Si](C)(CCCOCCCOCCCOCCCOCCCOCCCOCCCOCCCOCCCOCCCOCCCOCCCOCCCOCCCOCCCOCCCOCCCOCCCOCCCOCCCOCCCOCCCOCCCOCCCOCCCOCCCO)O[Si](C)(C)C. The fourth-order valence-corrected chi connectivity index (χ4v) is 36.1. The van der Waals surface area contributed by atoms with Crippen LogP contribution in [0, 0.1) is 23.9 Å². The molecule has 130 heavy (non-hydrogen) atoms. The molecule has 0 heterocycles. The summed E-state index contributed by atoms with van der Waals surface area (Å²) in [6.07, 6.45) is 24.3. The van der Waals surface area contributed by atoms with E-state index in [2.05, 4.69) is 83.2 Å². The van der Waals surface area contributed by atoms with E-state index in [0.717, 1.165) is 167 Å². The second-order valence-corrected chi connectivity index (χ2v) is 54.3. The third kappa shape index (κ3) is 109. The largest absolute Gasteiger partial charge is 0.437 e. The van der Waals surface area contributed by atoms with Crippen molar-refractivity contribution >= 4 is 42.3 Å². The van der Waals surface area contributed by atoms with Crippen molar-refractivity contribution in [2.45, 2.75) is 251 Å². The Morgan fingerprint density at radius 1 is 0.177 bits per heavy atom.